The number of aromatic nitrogens is 2. The number of hydrogen-bond donors (Lipinski definition) is 1. The van der Waals surface area contributed by atoms with Gasteiger partial charge in [0.25, 0.3) is 0 Å². The molecule has 0 radical (unpaired) electrons. The van der Waals surface area contributed by atoms with Crippen molar-refractivity contribution >= 4 is 0 Å². The Hall–Kier alpha value is -0.830. The Morgan fingerprint density at radius 1 is 1.50 bits per heavy atom. The molecule has 14 heavy (non-hydrogen) atoms. The lowest BCUT2D eigenvalue weighted by Crippen LogP contribution is -2.19. The highest BCUT2D eigenvalue weighted by Crippen LogP contribution is 2.37. The van der Waals surface area contributed by atoms with Gasteiger partial charge in [0.05, 0.1) is 12.3 Å². The van der Waals surface area contributed by atoms with Crippen LogP contribution in [0.4, 0.5) is 0 Å². The molecule has 1 heterocycles. The van der Waals surface area contributed by atoms with Crippen LogP contribution in [-0.2, 0) is 0 Å². The summed E-state index contributed by atoms with van der Waals surface area (Å²) in [6.07, 6.45) is 7.05. The minimum Gasteiger partial charge on any atom is -0.388 e. The molecule has 0 spiro atoms. The van der Waals surface area contributed by atoms with Gasteiger partial charge in [0.1, 0.15) is 0 Å². The van der Waals surface area contributed by atoms with E-state index in [1.54, 1.807) is 6.20 Å². The van der Waals surface area contributed by atoms with E-state index in [0.717, 1.165) is 18.4 Å². The minimum atomic E-state index is -0.295. The summed E-state index contributed by atoms with van der Waals surface area (Å²) >= 11 is 0. The Morgan fingerprint density at radius 2 is 2.21 bits per heavy atom. The lowest BCUT2D eigenvalue weighted by Gasteiger charge is -2.29. The summed E-state index contributed by atoms with van der Waals surface area (Å²) in [6, 6.07) is 0.373. The maximum Gasteiger partial charge on any atom is 0.0848 e. The third-order valence-electron chi connectivity index (χ3n) is 3.09. The standard InChI is InChI=1S/C11H18N2O/c1-8(2)13-7-10(6-12-13)11(14)9-4-3-5-9/h6-9,11,14H,3-5H2,1-2H3. The zero-order chi connectivity index (χ0) is 10.1. The summed E-state index contributed by atoms with van der Waals surface area (Å²) in [5, 5.41) is 14.2. The van der Waals surface area contributed by atoms with E-state index in [2.05, 4.69) is 18.9 Å². The molecule has 78 valence electrons. The molecule has 0 aromatic carbocycles. The molecule has 3 nitrogen and oxygen atoms in total. The number of nitrogens with zero attached hydrogens (tertiary/aromatic N) is 2. The molecule has 0 saturated heterocycles. The van der Waals surface area contributed by atoms with Crippen molar-refractivity contribution in [2.24, 2.45) is 5.92 Å². The molecular formula is C11H18N2O. The van der Waals surface area contributed by atoms with Crippen molar-refractivity contribution in [1.82, 2.24) is 9.78 Å². The van der Waals surface area contributed by atoms with Gasteiger partial charge in [-0.05, 0) is 32.6 Å². The summed E-state index contributed by atoms with van der Waals surface area (Å²) in [6.45, 7) is 4.18. The first-order chi connectivity index (χ1) is 6.68. The maximum absolute atomic E-state index is 9.98. The van der Waals surface area contributed by atoms with Crippen LogP contribution in [0.25, 0.3) is 0 Å². The van der Waals surface area contributed by atoms with Crippen LogP contribution >= 0.6 is 0 Å². The van der Waals surface area contributed by atoms with E-state index in [0.29, 0.717) is 12.0 Å². The molecule has 1 unspecified atom stereocenters. The van der Waals surface area contributed by atoms with Gasteiger partial charge >= 0.3 is 0 Å². The molecule has 0 aliphatic heterocycles. The van der Waals surface area contributed by atoms with Gasteiger partial charge < -0.3 is 5.11 Å². The Kier molecular flexibility index (Phi) is 2.59. The first-order valence-corrected chi connectivity index (χ1v) is 5.40. The molecule has 1 aromatic heterocycles. The Balaban J connectivity index is 2.07. The van der Waals surface area contributed by atoms with Crippen molar-refractivity contribution in [2.45, 2.75) is 45.3 Å². The normalized spacial score (nSPS) is 19.7. The minimum absolute atomic E-state index is 0.295. The van der Waals surface area contributed by atoms with E-state index in [4.69, 9.17) is 0 Å². The van der Waals surface area contributed by atoms with Crippen LogP contribution in [0.1, 0.15) is 50.8 Å². The molecule has 3 heteroatoms. The van der Waals surface area contributed by atoms with Gasteiger partial charge in [0.2, 0.25) is 0 Å². The topological polar surface area (TPSA) is 38.0 Å². The summed E-state index contributed by atoms with van der Waals surface area (Å²) in [7, 11) is 0. The second-order valence-corrected chi connectivity index (χ2v) is 4.48. The smallest absolute Gasteiger partial charge is 0.0848 e. The van der Waals surface area contributed by atoms with Gasteiger partial charge in [-0.25, -0.2) is 0 Å². The van der Waals surface area contributed by atoms with Crippen molar-refractivity contribution in [3.8, 4) is 0 Å². The van der Waals surface area contributed by atoms with Crippen LogP contribution in [0.5, 0.6) is 0 Å². The molecule has 1 aliphatic carbocycles. The van der Waals surface area contributed by atoms with Crippen LogP contribution in [0.15, 0.2) is 12.4 Å². The number of hydrogen-bond acceptors (Lipinski definition) is 2. The summed E-state index contributed by atoms with van der Waals surface area (Å²) in [5.74, 6) is 0.472. The second kappa shape index (κ2) is 3.73. The van der Waals surface area contributed by atoms with Gasteiger partial charge in [0, 0.05) is 17.8 Å². The van der Waals surface area contributed by atoms with Crippen LogP contribution in [0, 0.1) is 5.92 Å². The zero-order valence-electron chi connectivity index (χ0n) is 8.85. The van der Waals surface area contributed by atoms with E-state index in [1.165, 1.54) is 6.42 Å². The highest BCUT2D eigenvalue weighted by atomic mass is 16.3. The fraction of sp³-hybridized carbons (Fsp3) is 0.727. The number of rotatable bonds is 3. The molecule has 1 aliphatic rings. The monoisotopic (exact) mass is 194 g/mol. The Labute approximate surface area is 84.7 Å². The maximum atomic E-state index is 9.98. The van der Waals surface area contributed by atoms with Crippen molar-refractivity contribution in [1.29, 1.82) is 0 Å². The van der Waals surface area contributed by atoms with E-state index in [1.807, 2.05) is 10.9 Å². The molecular weight excluding hydrogens is 176 g/mol. The van der Waals surface area contributed by atoms with Gasteiger partial charge in [-0.1, -0.05) is 6.42 Å². The SMILES string of the molecule is CC(C)n1cc(C(O)C2CCC2)cn1. The van der Waals surface area contributed by atoms with Gasteiger partial charge in [-0.2, -0.15) is 5.10 Å². The summed E-state index contributed by atoms with van der Waals surface area (Å²) in [5.41, 5.74) is 0.975. The lowest BCUT2D eigenvalue weighted by atomic mass is 9.79. The van der Waals surface area contributed by atoms with E-state index in [9.17, 15) is 5.11 Å². The van der Waals surface area contributed by atoms with Gasteiger partial charge in [-0.15, -0.1) is 0 Å². The fourth-order valence-electron chi connectivity index (χ4n) is 1.82. The van der Waals surface area contributed by atoms with E-state index in [-0.39, 0.29) is 6.10 Å². The van der Waals surface area contributed by atoms with Gasteiger partial charge in [-0.3, -0.25) is 4.68 Å². The molecule has 2 rings (SSSR count). The van der Waals surface area contributed by atoms with Crippen molar-refractivity contribution in [3.05, 3.63) is 18.0 Å². The van der Waals surface area contributed by atoms with Gasteiger partial charge in [0.15, 0.2) is 0 Å². The predicted molar refractivity (Wildman–Crippen MR) is 54.9 cm³/mol. The first kappa shape index (κ1) is 9.71. The molecule has 1 saturated carbocycles. The molecule has 1 fully saturated rings. The summed E-state index contributed by atoms with van der Waals surface area (Å²) in [4.78, 5) is 0. The van der Waals surface area contributed by atoms with Crippen LogP contribution in [0.2, 0.25) is 0 Å². The third-order valence-corrected chi connectivity index (χ3v) is 3.09. The number of aliphatic hydroxyl groups is 1. The predicted octanol–water partition coefficient (Wildman–Crippen LogP) is 2.30. The zero-order valence-corrected chi connectivity index (χ0v) is 8.85. The second-order valence-electron chi connectivity index (χ2n) is 4.48. The number of aliphatic hydroxyl groups excluding tert-OH is 1. The fourth-order valence-corrected chi connectivity index (χ4v) is 1.82. The Morgan fingerprint density at radius 3 is 2.64 bits per heavy atom. The summed E-state index contributed by atoms with van der Waals surface area (Å²) < 4.78 is 1.90. The molecule has 1 N–H and O–H groups in total. The van der Waals surface area contributed by atoms with Crippen molar-refractivity contribution in [3.63, 3.8) is 0 Å². The Bertz CT molecular complexity index is 302. The molecule has 1 atom stereocenters. The van der Waals surface area contributed by atoms with Crippen molar-refractivity contribution < 1.29 is 5.11 Å². The van der Waals surface area contributed by atoms with Crippen molar-refractivity contribution in [2.75, 3.05) is 0 Å². The average molecular weight is 194 g/mol. The molecule has 0 amide bonds. The highest BCUT2D eigenvalue weighted by molar-refractivity contribution is 5.10. The molecule has 1 aromatic rings. The molecule has 0 bridgehead atoms. The van der Waals surface area contributed by atoms with Crippen LogP contribution in [-0.4, -0.2) is 14.9 Å². The third kappa shape index (κ3) is 1.69. The van der Waals surface area contributed by atoms with Crippen LogP contribution < -0.4 is 0 Å². The quantitative estimate of drug-likeness (QED) is 0.801. The van der Waals surface area contributed by atoms with E-state index < -0.39 is 0 Å². The largest absolute Gasteiger partial charge is 0.388 e. The van der Waals surface area contributed by atoms with E-state index >= 15 is 0 Å². The first-order valence-electron chi connectivity index (χ1n) is 5.40. The highest BCUT2D eigenvalue weighted by Gasteiger charge is 2.27. The average Bonchev–Trinajstić information content (AvgIpc) is 2.48. The lowest BCUT2D eigenvalue weighted by molar-refractivity contribution is 0.0620. The van der Waals surface area contributed by atoms with Crippen LogP contribution in [0.3, 0.4) is 0 Å².